The number of benzene rings is 2. The summed E-state index contributed by atoms with van der Waals surface area (Å²) in [7, 11) is 0. The van der Waals surface area contributed by atoms with Crippen LogP contribution in [0.2, 0.25) is 0 Å². The largest absolute Gasteiger partial charge is 0.338 e. The van der Waals surface area contributed by atoms with Crippen molar-refractivity contribution in [3.05, 3.63) is 48.0 Å². The minimum Gasteiger partial charge on any atom is -0.338 e. The Morgan fingerprint density at radius 2 is 1.90 bits per heavy atom. The van der Waals surface area contributed by atoms with E-state index in [-0.39, 0.29) is 5.91 Å². The first-order chi connectivity index (χ1) is 10.3. The zero-order chi connectivity index (χ0) is 14.7. The third kappa shape index (κ3) is 3.08. The van der Waals surface area contributed by atoms with E-state index in [1.165, 1.54) is 17.2 Å². The minimum absolute atomic E-state index is 0.209. The van der Waals surface area contributed by atoms with Crippen molar-refractivity contribution in [2.45, 2.75) is 31.7 Å². The lowest BCUT2D eigenvalue weighted by molar-refractivity contribution is -0.134. The highest BCUT2D eigenvalue weighted by molar-refractivity contribution is 5.85. The molecule has 3 nitrogen and oxygen atoms in total. The van der Waals surface area contributed by atoms with Crippen molar-refractivity contribution in [1.29, 1.82) is 0 Å². The number of rotatable bonds is 5. The van der Waals surface area contributed by atoms with Crippen LogP contribution in [0.3, 0.4) is 0 Å². The summed E-state index contributed by atoms with van der Waals surface area (Å²) in [4.78, 5) is 14.5. The van der Waals surface area contributed by atoms with Crippen LogP contribution in [0.1, 0.15) is 24.8 Å². The Labute approximate surface area is 125 Å². The Balaban J connectivity index is 1.74. The van der Waals surface area contributed by atoms with Gasteiger partial charge in [-0.1, -0.05) is 42.5 Å². The number of carbonyl (C=O) groups excluding carboxylic acids is 1. The van der Waals surface area contributed by atoms with Gasteiger partial charge in [-0.05, 0) is 35.6 Å². The van der Waals surface area contributed by atoms with Crippen LogP contribution in [-0.2, 0) is 11.2 Å². The maximum Gasteiger partial charge on any atom is 0.227 e. The second-order valence-electron chi connectivity index (χ2n) is 5.82. The summed E-state index contributed by atoms with van der Waals surface area (Å²) in [5.74, 6) is 0.209. The molecule has 1 amide bonds. The van der Waals surface area contributed by atoms with Gasteiger partial charge in [-0.15, -0.1) is 0 Å². The lowest BCUT2D eigenvalue weighted by atomic mass is 9.91. The van der Waals surface area contributed by atoms with Crippen LogP contribution in [-0.4, -0.2) is 29.9 Å². The molecule has 0 spiro atoms. The van der Waals surface area contributed by atoms with Crippen LogP contribution >= 0.6 is 0 Å². The maximum atomic E-state index is 12.5. The molecule has 1 aliphatic rings. The zero-order valence-corrected chi connectivity index (χ0v) is 12.3. The lowest BCUT2D eigenvalue weighted by Gasteiger charge is -2.37. The van der Waals surface area contributed by atoms with E-state index >= 15 is 0 Å². The molecular weight excluding hydrogens is 260 g/mol. The van der Waals surface area contributed by atoms with Gasteiger partial charge in [-0.2, -0.15) is 0 Å². The fraction of sp³-hybridized carbons (Fsp3) is 0.389. The minimum atomic E-state index is 0.209. The summed E-state index contributed by atoms with van der Waals surface area (Å²) >= 11 is 0. The molecule has 0 unspecified atom stereocenters. The number of nitrogens with zero attached hydrogens (tertiary/aromatic N) is 1. The summed E-state index contributed by atoms with van der Waals surface area (Å²) in [6, 6.07) is 14.9. The van der Waals surface area contributed by atoms with Crippen LogP contribution in [0, 0.1) is 0 Å². The number of fused-ring (bicyclic) bond motifs is 1. The van der Waals surface area contributed by atoms with Gasteiger partial charge in [0.05, 0.1) is 6.42 Å². The standard InChI is InChI=1S/C18H22N2O/c19-10-11-20(17-6-3-7-17)18(21)13-14-8-9-15-4-1-2-5-16(15)12-14/h1-2,4-5,8-9,12,17H,3,6-7,10-11,13,19H2. The lowest BCUT2D eigenvalue weighted by Crippen LogP contribution is -2.47. The topological polar surface area (TPSA) is 46.3 Å². The molecule has 0 aromatic heterocycles. The first-order valence-electron chi connectivity index (χ1n) is 7.75. The highest BCUT2D eigenvalue weighted by Gasteiger charge is 2.27. The number of nitrogens with two attached hydrogens (primary N) is 1. The van der Waals surface area contributed by atoms with E-state index in [2.05, 4.69) is 30.3 Å². The Kier molecular flexibility index (Phi) is 4.20. The maximum absolute atomic E-state index is 12.5. The van der Waals surface area contributed by atoms with Gasteiger partial charge in [-0.3, -0.25) is 4.79 Å². The van der Waals surface area contributed by atoms with E-state index in [1.807, 2.05) is 17.0 Å². The van der Waals surface area contributed by atoms with Gasteiger partial charge in [0.2, 0.25) is 5.91 Å². The normalized spacial score (nSPS) is 14.9. The van der Waals surface area contributed by atoms with Crippen LogP contribution in [0.5, 0.6) is 0 Å². The van der Waals surface area contributed by atoms with Crippen molar-refractivity contribution in [3.8, 4) is 0 Å². The number of amides is 1. The highest BCUT2D eigenvalue weighted by Crippen LogP contribution is 2.25. The predicted octanol–water partition coefficient (Wildman–Crippen LogP) is 2.72. The molecule has 0 saturated heterocycles. The van der Waals surface area contributed by atoms with E-state index in [0.29, 0.717) is 25.6 Å². The van der Waals surface area contributed by atoms with Gasteiger partial charge < -0.3 is 10.6 Å². The molecule has 21 heavy (non-hydrogen) atoms. The second-order valence-corrected chi connectivity index (χ2v) is 5.82. The van der Waals surface area contributed by atoms with E-state index in [4.69, 9.17) is 5.73 Å². The molecular formula is C18H22N2O. The number of carbonyl (C=O) groups is 1. The van der Waals surface area contributed by atoms with Crippen molar-refractivity contribution in [3.63, 3.8) is 0 Å². The van der Waals surface area contributed by atoms with Crippen molar-refractivity contribution >= 4 is 16.7 Å². The molecule has 0 atom stereocenters. The summed E-state index contributed by atoms with van der Waals surface area (Å²) in [5.41, 5.74) is 6.74. The third-order valence-corrected chi connectivity index (χ3v) is 4.38. The van der Waals surface area contributed by atoms with Gasteiger partial charge in [0.15, 0.2) is 0 Å². The monoisotopic (exact) mass is 282 g/mol. The van der Waals surface area contributed by atoms with Crippen LogP contribution in [0.4, 0.5) is 0 Å². The molecule has 1 fully saturated rings. The molecule has 2 N–H and O–H groups in total. The first kappa shape index (κ1) is 14.1. The number of hydrogen-bond donors (Lipinski definition) is 1. The average molecular weight is 282 g/mol. The van der Waals surface area contributed by atoms with E-state index in [1.54, 1.807) is 0 Å². The van der Waals surface area contributed by atoms with Crippen molar-refractivity contribution in [1.82, 2.24) is 4.90 Å². The Morgan fingerprint density at radius 1 is 1.14 bits per heavy atom. The summed E-state index contributed by atoms with van der Waals surface area (Å²) < 4.78 is 0. The molecule has 3 rings (SSSR count). The van der Waals surface area contributed by atoms with Crippen LogP contribution in [0.25, 0.3) is 10.8 Å². The van der Waals surface area contributed by atoms with Gasteiger partial charge >= 0.3 is 0 Å². The predicted molar refractivity (Wildman–Crippen MR) is 86.1 cm³/mol. The van der Waals surface area contributed by atoms with Crippen LogP contribution in [0.15, 0.2) is 42.5 Å². The van der Waals surface area contributed by atoms with Crippen molar-refractivity contribution in [2.75, 3.05) is 13.1 Å². The summed E-state index contributed by atoms with van der Waals surface area (Å²) in [6.07, 6.45) is 3.96. The van der Waals surface area contributed by atoms with E-state index in [9.17, 15) is 4.79 Å². The molecule has 2 aromatic rings. The Morgan fingerprint density at radius 3 is 2.57 bits per heavy atom. The second kappa shape index (κ2) is 6.27. The average Bonchev–Trinajstić information content (AvgIpc) is 2.45. The summed E-state index contributed by atoms with van der Waals surface area (Å²) in [5, 5.41) is 2.41. The number of hydrogen-bond acceptors (Lipinski definition) is 2. The van der Waals surface area contributed by atoms with Crippen molar-refractivity contribution < 1.29 is 4.79 Å². The molecule has 1 aliphatic carbocycles. The van der Waals surface area contributed by atoms with Gasteiger partial charge in [-0.25, -0.2) is 0 Å². The molecule has 3 heteroatoms. The fourth-order valence-corrected chi connectivity index (χ4v) is 2.97. The van der Waals surface area contributed by atoms with Gasteiger partial charge in [0.1, 0.15) is 0 Å². The van der Waals surface area contributed by atoms with Crippen molar-refractivity contribution in [2.24, 2.45) is 5.73 Å². The Hall–Kier alpha value is -1.87. The van der Waals surface area contributed by atoms with E-state index < -0.39 is 0 Å². The molecule has 110 valence electrons. The quantitative estimate of drug-likeness (QED) is 0.916. The van der Waals surface area contributed by atoms with Gasteiger partial charge in [0, 0.05) is 19.1 Å². The fourth-order valence-electron chi connectivity index (χ4n) is 2.97. The molecule has 0 aliphatic heterocycles. The Bertz CT molecular complexity index is 634. The molecule has 0 radical (unpaired) electrons. The highest BCUT2D eigenvalue weighted by atomic mass is 16.2. The van der Waals surface area contributed by atoms with Crippen LogP contribution < -0.4 is 5.73 Å². The summed E-state index contributed by atoms with van der Waals surface area (Å²) in [6.45, 7) is 1.22. The van der Waals surface area contributed by atoms with Gasteiger partial charge in [0.25, 0.3) is 0 Å². The van der Waals surface area contributed by atoms with E-state index in [0.717, 1.165) is 18.4 Å². The zero-order valence-electron chi connectivity index (χ0n) is 12.3. The molecule has 1 saturated carbocycles. The SMILES string of the molecule is NCCN(C(=O)Cc1ccc2ccccc2c1)C1CCC1. The molecule has 0 heterocycles. The molecule has 2 aromatic carbocycles. The molecule has 0 bridgehead atoms. The third-order valence-electron chi connectivity index (χ3n) is 4.38. The smallest absolute Gasteiger partial charge is 0.227 e. The first-order valence-corrected chi connectivity index (χ1v) is 7.75.